The summed E-state index contributed by atoms with van der Waals surface area (Å²) in [5.41, 5.74) is 3.29. The molecule has 0 aromatic carbocycles. The van der Waals surface area contributed by atoms with Gasteiger partial charge in [-0.3, -0.25) is 0 Å². The number of hydrogen-bond acceptors (Lipinski definition) is 0. The van der Waals surface area contributed by atoms with E-state index in [4.69, 9.17) is 6.58 Å². The number of fused-ring (bicyclic) bond motifs is 5. The number of rotatable bonds is 4. The molecule has 0 amide bonds. The lowest BCUT2D eigenvalue weighted by atomic mass is 9.39. The summed E-state index contributed by atoms with van der Waals surface area (Å²) < 4.78 is 0. The Balaban J connectivity index is 0.000000671. The summed E-state index contributed by atoms with van der Waals surface area (Å²) in [6.45, 7) is 27.5. The van der Waals surface area contributed by atoms with E-state index in [1.54, 1.807) is 5.57 Å². The molecule has 32 heavy (non-hydrogen) atoms. The van der Waals surface area contributed by atoms with E-state index in [1.807, 2.05) is 13.8 Å². The minimum Gasteiger partial charge on any atom is -0.103 e. The van der Waals surface area contributed by atoms with Crippen LogP contribution in [0.15, 0.2) is 24.8 Å². The van der Waals surface area contributed by atoms with Crippen molar-refractivity contribution in [1.29, 1.82) is 0 Å². The maximum Gasteiger partial charge on any atom is -0.0138 e. The molecular formula is C32H58. The molecule has 0 saturated heterocycles. The van der Waals surface area contributed by atoms with E-state index in [1.165, 1.54) is 77.0 Å². The number of hydrogen-bond donors (Lipinski definition) is 0. The van der Waals surface area contributed by atoms with Crippen molar-refractivity contribution in [2.45, 2.75) is 132 Å². The zero-order valence-electron chi connectivity index (χ0n) is 23.4. The fourth-order valence-electron chi connectivity index (χ4n) is 9.12. The zero-order chi connectivity index (χ0) is 24.2. The van der Waals surface area contributed by atoms with Gasteiger partial charge in [-0.2, -0.15) is 0 Å². The van der Waals surface area contributed by atoms with Gasteiger partial charge in [0.2, 0.25) is 0 Å². The first-order valence-corrected chi connectivity index (χ1v) is 14.5. The Hall–Kier alpha value is -0.520. The van der Waals surface area contributed by atoms with Gasteiger partial charge in [-0.1, -0.05) is 92.9 Å². The van der Waals surface area contributed by atoms with Gasteiger partial charge < -0.3 is 0 Å². The molecule has 0 spiro atoms. The minimum atomic E-state index is 0.520. The molecule has 0 heterocycles. The highest BCUT2D eigenvalue weighted by Gasteiger charge is 2.63. The van der Waals surface area contributed by atoms with Crippen molar-refractivity contribution in [1.82, 2.24) is 0 Å². The molecule has 0 N–H and O–H groups in total. The summed E-state index contributed by atoms with van der Waals surface area (Å²) in [7, 11) is 0. The second-order valence-corrected chi connectivity index (χ2v) is 12.5. The van der Waals surface area contributed by atoms with E-state index in [-0.39, 0.29) is 0 Å². The molecule has 4 aliphatic carbocycles. The molecule has 4 saturated carbocycles. The van der Waals surface area contributed by atoms with Crippen molar-refractivity contribution in [2.75, 3.05) is 0 Å². The molecule has 0 heteroatoms. The standard InChI is InChI=1S/C27H44.C3H8.C2H6/c1-7-8-11-19(2)21-12-13-22-24-20(3)18-25(4)15-9-10-16-27(25,6)23(24)14-17-26(21,22)5;1-3-2;1-2/h7,19,21-24H,1,3,8-18H2,2,4-6H3;3H2,1-2H3;1-2H3. The maximum absolute atomic E-state index is 4.76. The Bertz CT molecular complexity index is 616. The van der Waals surface area contributed by atoms with Crippen molar-refractivity contribution in [3.05, 3.63) is 24.8 Å². The molecule has 8 unspecified atom stereocenters. The van der Waals surface area contributed by atoms with Crippen molar-refractivity contribution in [2.24, 2.45) is 45.8 Å². The predicted octanol–water partition coefficient (Wildman–Crippen LogP) is 10.6. The highest BCUT2D eigenvalue weighted by atomic mass is 14.7. The molecule has 0 bridgehead atoms. The average Bonchev–Trinajstić information content (AvgIpc) is 3.12. The summed E-state index contributed by atoms with van der Waals surface area (Å²) in [5.74, 6) is 4.40. The SMILES string of the molecule is C=CCCC(C)C1CCC2C3C(=C)CC4(C)CCCCC4(C)C3CCC12C.CC.CCC. The molecular weight excluding hydrogens is 384 g/mol. The van der Waals surface area contributed by atoms with Crippen molar-refractivity contribution >= 4 is 0 Å². The normalized spacial score (nSPS) is 43.3. The van der Waals surface area contributed by atoms with Gasteiger partial charge >= 0.3 is 0 Å². The molecule has 4 aliphatic rings. The van der Waals surface area contributed by atoms with Gasteiger partial charge in [0, 0.05) is 0 Å². The largest absolute Gasteiger partial charge is 0.103 e. The van der Waals surface area contributed by atoms with Gasteiger partial charge in [0.05, 0.1) is 0 Å². The lowest BCUT2D eigenvalue weighted by Crippen LogP contribution is -2.57. The lowest BCUT2D eigenvalue weighted by Gasteiger charge is -2.65. The van der Waals surface area contributed by atoms with Crippen molar-refractivity contribution in [3.8, 4) is 0 Å². The topological polar surface area (TPSA) is 0 Å². The van der Waals surface area contributed by atoms with E-state index >= 15 is 0 Å². The van der Waals surface area contributed by atoms with Crippen LogP contribution in [0.1, 0.15) is 132 Å². The summed E-state index contributed by atoms with van der Waals surface area (Å²) in [5, 5.41) is 0. The Kier molecular flexibility index (Phi) is 9.76. The minimum absolute atomic E-state index is 0.520. The molecule has 0 radical (unpaired) electrons. The van der Waals surface area contributed by atoms with Crippen LogP contribution in [-0.2, 0) is 0 Å². The summed E-state index contributed by atoms with van der Waals surface area (Å²) >= 11 is 0. The Morgan fingerprint density at radius 3 is 2.22 bits per heavy atom. The van der Waals surface area contributed by atoms with Gasteiger partial charge in [0.15, 0.2) is 0 Å². The van der Waals surface area contributed by atoms with Crippen LogP contribution >= 0.6 is 0 Å². The van der Waals surface area contributed by atoms with Crippen molar-refractivity contribution < 1.29 is 0 Å². The van der Waals surface area contributed by atoms with E-state index in [0.29, 0.717) is 16.2 Å². The van der Waals surface area contributed by atoms with Crippen LogP contribution in [0.3, 0.4) is 0 Å². The lowest BCUT2D eigenvalue weighted by molar-refractivity contribution is -0.130. The van der Waals surface area contributed by atoms with E-state index in [9.17, 15) is 0 Å². The summed E-state index contributed by atoms with van der Waals surface area (Å²) in [6, 6.07) is 0. The Morgan fingerprint density at radius 2 is 1.59 bits per heavy atom. The number of allylic oxidation sites excluding steroid dienone is 2. The highest BCUT2D eigenvalue weighted by molar-refractivity contribution is 5.23. The van der Waals surface area contributed by atoms with E-state index in [2.05, 4.69) is 54.2 Å². The molecule has 0 nitrogen and oxygen atoms in total. The molecule has 0 aromatic rings. The third-order valence-electron chi connectivity index (χ3n) is 10.8. The second-order valence-electron chi connectivity index (χ2n) is 12.5. The van der Waals surface area contributed by atoms with Crippen LogP contribution in [0.25, 0.3) is 0 Å². The fourth-order valence-corrected chi connectivity index (χ4v) is 9.12. The third kappa shape index (κ3) is 4.68. The smallest absolute Gasteiger partial charge is 0.0138 e. The van der Waals surface area contributed by atoms with Crippen LogP contribution in [0.5, 0.6) is 0 Å². The Labute approximate surface area is 203 Å². The molecule has 0 aromatic heterocycles. The maximum atomic E-state index is 4.76. The average molecular weight is 443 g/mol. The van der Waals surface area contributed by atoms with Gasteiger partial charge in [0.25, 0.3) is 0 Å². The monoisotopic (exact) mass is 442 g/mol. The zero-order valence-corrected chi connectivity index (χ0v) is 23.4. The first-order valence-electron chi connectivity index (χ1n) is 14.5. The fraction of sp³-hybridized carbons (Fsp3) is 0.875. The first kappa shape index (κ1) is 27.7. The quantitative estimate of drug-likeness (QED) is 0.380. The third-order valence-corrected chi connectivity index (χ3v) is 10.8. The molecule has 0 aliphatic heterocycles. The predicted molar refractivity (Wildman–Crippen MR) is 145 cm³/mol. The first-order chi connectivity index (χ1) is 15.2. The van der Waals surface area contributed by atoms with Crippen LogP contribution < -0.4 is 0 Å². The van der Waals surface area contributed by atoms with Crippen LogP contribution in [0.2, 0.25) is 0 Å². The molecule has 186 valence electrons. The van der Waals surface area contributed by atoms with Gasteiger partial charge in [-0.15, -0.1) is 6.58 Å². The van der Waals surface area contributed by atoms with E-state index in [0.717, 1.165) is 29.6 Å². The summed E-state index contributed by atoms with van der Waals surface area (Å²) in [4.78, 5) is 0. The highest BCUT2D eigenvalue weighted by Crippen LogP contribution is 2.72. The summed E-state index contributed by atoms with van der Waals surface area (Å²) in [6.07, 6.45) is 18.9. The van der Waals surface area contributed by atoms with Gasteiger partial charge in [-0.25, -0.2) is 0 Å². The van der Waals surface area contributed by atoms with E-state index < -0.39 is 0 Å². The molecule has 4 rings (SSSR count). The van der Waals surface area contributed by atoms with Crippen molar-refractivity contribution in [3.63, 3.8) is 0 Å². The van der Waals surface area contributed by atoms with Crippen LogP contribution in [0, 0.1) is 45.8 Å². The second kappa shape index (κ2) is 11.3. The molecule has 8 atom stereocenters. The Morgan fingerprint density at radius 1 is 0.969 bits per heavy atom. The molecule has 4 fully saturated rings. The van der Waals surface area contributed by atoms with Gasteiger partial charge in [-0.05, 0) is 104 Å². The van der Waals surface area contributed by atoms with Gasteiger partial charge in [0.1, 0.15) is 0 Å². The van der Waals surface area contributed by atoms with Crippen LogP contribution in [-0.4, -0.2) is 0 Å². The van der Waals surface area contributed by atoms with Crippen LogP contribution in [0.4, 0.5) is 0 Å².